The number of carbonyl (C=O) groups excluding carboxylic acids is 1. The second-order valence-corrected chi connectivity index (χ2v) is 5.05. The molecule has 1 amide bonds. The Balaban J connectivity index is 0.00000134. The van der Waals surface area contributed by atoms with E-state index < -0.39 is 0 Å². The van der Waals surface area contributed by atoms with Gasteiger partial charge in [-0.05, 0) is 25.3 Å². The molecule has 0 aliphatic rings. The summed E-state index contributed by atoms with van der Waals surface area (Å²) in [6.07, 6.45) is 6.00. The quantitative estimate of drug-likeness (QED) is 0.737. The Morgan fingerprint density at radius 1 is 1.12 bits per heavy atom. The number of hydrogen-bond donors (Lipinski definition) is 0. The molecule has 0 fully saturated rings. The average Bonchev–Trinajstić information content (AvgIpc) is 3.21. The molecule has 0 N–H and O–H groups in total. The highest BCUT2D eigenvalue weighted by atomic mass is 16.2. The smallest absolute Gasteiger partial charge is 0.320 e. The van der Waals surface area contributed by atoms with Crippen LogP contribution in [0.4, 0.5) is 4.79 Å². The summed E-state index contributed by atoms with van der Waals surface area (Å²) in [5, 5.41) is 7.52. The number of nitrogens with zero attached hydrogens (tertiary/aromatic N) is 4. The van der Waals surface area contributed by atoms with Crippen LogP contribution in [0.15, 0.2) is 42.7 Å². The first kappa shape index (κ1) is 22.8. The van der Waals surface area contributed by atoms with E-state index in [2.05, 4.69) is 29.4 Å². The summed E-state index contributed by atoms with van der Waals surface area (Å²) in [4.78, 5) is 14.4. The van der Waals surface area contributed by atoms with Gasteiger partial charge < -0.3 is 4.90 Å². The van der Waals surface area contributed by atoms with E-state index in [0.29, 0.717) is 6.54 Å². The fourth-order valence-electron chi connectivity index (χ4n) is 2.58. The highest BCUT2D eigenvalue weighted by molar-refractivity contribution is 5.76. The summed E-state index contributed by atoms with van der Waals surface area (Å²) in [6, 6.07) is 10.4. The molecule has 5 nitrogen and oxygen atoms in total. The van der Waals surface area contributed by atoms with Crippen LogP contribution in [0.1, 0.15) is 59.9 Å². The minimum atomic E-state index is -0.107. The predicted molar refractivity (Wildman–Crippen MR) is 105 cm³/mol. The van der Waals surface area contributed by atoms with E-state index in [1.54, 1.807) is 6.20 Å². The summed E-state index contributed by atoms with van der Waals surface area (Å²) in [5.41, 5.74) is 1.25. The van der Waals surface area contributed by atoms with Crippen molar-refractivity contribution >= 4 is 6.03 Å². The molecule has 1 atom stereocenters. The van der Waals surface area contributed by atoms with Crippen molar-refractivity contribution in [1.82, 2.24) is 19.9 Å². The normalized spacial score (nSPS) is 10.6. The highest BCUT2D eigenvalue weighted by Gasteiger charge is 2.23. The maximum atomic E-state index is 12.5. The largest absolute Gasteiger partial charge is 0.346 e. The Morgan fingerprint density at radius 3 is 2.24 bits per heavy atom. The molecule has 0 bridgehead atoms. The molecule has 25 heavy (non-hydrogen) atoms. The van der Waals surface area contributed by atoms with Crippen molar-refractivity contribution in [2.75, 3.05) is 6.54 Å². The van der Waals surface area contributed by atoms with Crippen LogP contribution in [0.3, 0.4) is 0 Å². The molecule has 1 aromatic carbocycles. The average molecular weight is 347 g/mol. The van der Waals surface area contributed by atoms with Crippen molar-refractivity contribution < 1.29 is 4.79 Å². The zero-order valence-corrected chi connectivity index (χ0v) is 16.6. The van der Waals surface area contributed by atoms with E-state index in [4.69, 9.17) is 0 Å². The second-order valence-electron chi connectivity index (χ2n) is 5.05. The number of hydrogen-bond acceptors (Lipinski definition) is 3. The zero-order chi connectivity index (χ0) is 19.1. The van der Waals surface area contributed by atoms with Gasteiger partial charge in [-0.15, -0.1) is 5.10 Å². The van der Waals surface area contributed by atoms with Crippen LogP contribution in [0, 0.1) is 0 Å². The van der Waals surface area contributed by atoms with Gasteiger partial charge in [0, 0.05) is 12.6 Å². The summed E-state index contributed by atoms with van der Waals surface area (Å²) >= 11 is 0. The van der Waals surface area contributed by atoms with Gasteiger partial charge in [-0.1, -0.05) is 76.6 Å². The first-order valence-electron chi connectivity index (χ1n) is 9.47. The third-order valence-corrected chi connectivity index (χ3v) is 3.58. The Bertz CT molecular complexity index is 540. The number of carbonyl (C=O) groups is 1. The predicted octanol–water partition coefficient (Wildman–Crippen LogP) is 5.03. The highest BCUT2D eigenvalue weighted by Crippen LogP contribution is 2.15. The Labute approximate surface area is 153 Å². The summed E-state index contributed by atoms with van der Waals surface area (Å²) < 4.78 is 1.30. The standard InChI is InChI=1S/C16H22N4O.2C2H6/c1-3-8-15(13-14-9-6-5-7-10-14)19(4-2)16(21)20-12-11-17-18-20;2*1-2/h5-7,9-12,15H,3-4,8,13H2,1-2H3;2*1-2H3. The lowest BCUT2D eigenvalue weighted by Crippen LogP contribution is -2.44. The van der Waals surface area contributed by atoms with Gasteiger partial charge in [-0.2, -0.15) is 4.68 Å². The Morgan fingerprint density at radius 2 is 1.76 bits per heavy atom. The third kappa shape index (κ3) is 7.50. The van der Waals surface area contributed by atoms with Crippen molar-refractivity contribution in [1.29, 1.82) is 0 Å². The topological polar surface area (TPSA) is 51.0 Å². The van der Waals surface area contributed by atoms with Gasteiger partial charge in [0.15, 0.2) is 0 Å². The molecule has 2 aromatic rings. The molecule has 1 heterocycles. The van der Waals surface area contributed by atoms with E-state index in [-0.39, 0.29) is 12.1 Å². The number of amides is 1. The van der Waals surface area contributed by atoms with E-state index >= 15 is 0 Å². The van der Waals surface area contributed by atoms with E-state index in [9.17, 15) is 4.79 Å². The van der Waals surface area contributed by atoms with Crippen molar-refractivity contribution in [3.05, 3.63) is 48.3 Å². The minimum Gasteiger partial charge on any atom is -0.320 e. The summed E-state index contributed by atoms with van der Waals surface area (Å²) in [6.45, 7) is 12.8. The molecule has 1 aromatic heterocycles. The van der Waals surface area contributed by atoms with Crippen LogP contribution in [-0.4, -0.2) is 38.5 Å². The molecule has 5 heteroatoms. The van der Waals surface area contributed by atoms with Gasteiger partial charge in [0.2, 0.25) is 0 Å². The fourth-order valence-corrected chi connectivity index (χ4v) is 2.58. The molecular weight excluding hydrogens is 312 g/mol. The maximum absolute atomic E-state index is 12.5. The van der Waals surface area contributed by atoms with Crippen LogP contribution < -0.4 is 0 Å². The zero-order valence-electron chi connectivity index (χ0n) is 16.6. The van der Waals surface area contributed by atoms with Crippen LogP contribution in [0.2, 0.25) is 0 Å². The van der Waals surface area contributed by atoms with Gasteiger partial charge >= 0.3 is 6.03 Å². The molecular formula is C20H34N4O. The molecule has 0 spiro atoms. The fraction of sp³-hybridized carbons (Fsp3) is 0.550. The molecule has 0 saturated carbocycles. The molecule has 140 valence electrons. The maximum Gasteiger partial charge on any atom is 0.346 e. The van der Waals surface area contributed by atoms with Gasteiger partial charge in [0.25, 0.3) is 0 Å². The molecule has 1 unspecified atom stereocenters. The minimum absolute atomic E-state index is 0.107. The van der Waals surface area contributed by atoms with Gasteiger partial charge in [0.05, 0.1) is 12.4 Å². The second kappa shape index (κ2) is 14.2. The van der Waals surface area contributed by atoms with Crippen molar-refractivity contribution in [3.8, 4) is 0 Å². The van der Waals surface area contributed by atoms with E-state index in [1.165, 1.54) is 16.4 Å². The molecule has 2 rings (SSSR count). The van der Waals surface area contributed by atoms with Crippen molar-refractivity contribution in [2.45, 2.75) is 66.8 Å². The lowest BCUT2D eigenvalue weighted by Gasteiger charge is -2.30. The van der Waals surface area contributed by atoms with Gasteiger partial charge in [0.1, 0.15) is 0 Å². The van der Waals surface area contributed by atoms with Crippen LogP contribution in [0.5, 0.6) is 0 Å². The van der Waals surface area contributed by atoms with Crippen LogP contribution in [-0.2, 0) is 6.42 Å². The van der Waals surface area contributed by atoms with Crippen LogP contribution in [0.25, 0.3) is 0 Å². The monoisotopic (exact) mass is 346 g/mol. The lowest BCUT2D eigenvalue weighted by molar-refractivity contribution is 0.171. The number of likely N-dealkylation sites (N-methyl/N-ethyl adjacent to an activating group) is 1. The first-order valence-corrected chi connectivity index (χ1v) is 9.47. The lowest BCUT2D eigenvalue weighted by atomic mass is 10.0. The van der Waals surface area contributed by atoms with Crippen molar-refractivity contribution in [2.24, 2.45) is 0 Å². The number of benzene rings is 1. The van der Waals surface area contributed by atoms with E-state index in [1.807, 2.05) is 57.7 Å². The summed E-state index contributed by atoms with van der Waals surface area (Å²) in [7, 11) is 0. The Hall–Kier alpha value is -2.17. The first-order chi connectivity index (χ1) is 12.3. The van der Waals surface area contributed by atoms with Crippen molar-refractivity contribution in [3.63, 3.8) is 0 Å². The number of aromatic nitrogens is 3. The third-order valence-electron chi connectivity index (χ3n) is 3.58. The molecule has 0 saturated heterocycles. The van der Waals surface area contributed by atoms with Gasteiger partial charge in [-0.3, -0.25) is 0 Å². The Kier molecular flexibility index (Phi) is 13.0. The SMILES string of the molecule is CC.CC.CCCC(Cc1ccccc1)N(CC)C(=O)n1ccnn1. The van der Waals surface area contributed by atoms with E-state index in [0.717, 1.165) is 19.3 Å². The van der Waals surface area contributed by atoms with Crippen LogP contribution >= 0.6 is 0 Å². The molecule has 0 radical (unpaired) electrons. The number of rotatable bonds is 6. The molecule has 0 aliphatic carbocycles. The summed E-state index contributed by atoms with van der Waals surface area (Å²) in [5.74, 6) is 0. The molecule has 0 aliphatic heterocycles. The van der Waals surface area contributed by atoms with Gasteiger partial charge in [-0.25, -0.2) is 4.79 Å².